The number of carbonyl (C=O) groups excluding carboxylic acids is 1. The van der Waals surface area contributed by atoms with E-state index in [1.165, 1.54) is 0 Å². The molecule has 6 rings (SSSR count). The van der Waals surface area contributed by atoms with Crippen LogP contribution in [-0.2, 0) is 4.74 Å². The topological polar surface area (TPSA) is 77.3 Å². The molecule has 1 fully saturated rings. The van der Waals surface area contributed by atoms with Crippen molar-refractivity contribution in [2.75, 3.05) is 58.9 Å². The number of ketones is 1. The van der Waals surface area contributed by atoms with Crippen LogP contribution in [0.1, 0.15) is 17.3 Å². The van der Waals surface area contributed by atoms with Crippen LogP contribution in [0.15, 0.2) is 85.2 Å². The quantitative estimate of drug-likeness (QED) is 0.196. The van der Waals surface area contributed by atoms with Crippen LogP contribution in [0.4, 0.5) is 5.69 Å². The SMILES string of the molecule is COc1cc(OC)cc(-c2cc(-c3ccc(C(C)=O)cc3)c3nc(-c4ccc(NCCN5CCOCC5)cc4)cn3c2)c1. The summed E-state index contributed by atoms with van der Waals surface area (Å²) in [4.78, 5) is 19.4. The maximum Gasteiger partial charge on any atom is 0.159 e. The zero-order valence-electron chi connectivity index (χ0n) is 24.8. The van der Waals surface area contributed by atoms with E-state index in [4.69, 9.17) is 19.2 Å². The fourth-order valence-electron chi connectivity index (χ4n) is 5.41. The van der Waals surface area contributed by atoms with Crippen LogP contribution in [0, 0.1) is 0 Å². The van der Waals surface area contributed by atoms with E-state index in [2.05, 4.69) is 57.3 Å². The molecule has 0 bridgehead atoms. The highest BCUT2D eigenvalue weighted by molar-refractivity contribution is 5.95. The van der Waals surface area contributed by atoms with Crippen LogP contribution in [0.5, 0.6) is 11.5 Å². The van der Waals surface area contributed by atoms with Crippen LogP contribution in [0.3, 0.4) is 0 Å². The molecule has 3 aromatic carbocycles. The number of imidazole rings is 1. The second-order valence-corrected chi connectivity index (χ2v) is 10.7. The minimum absolute atomic E-state index is 0.0380. The van der Waals surface area contributed by atoms with Crippen molar-refractivity contribution in [3.05, 3.63) is 90.8 Å². The monoisotopic (exact) mass is 576 g/mol. The summed E-state index contributed by atoms with van der Waals surface area (Å²) in [7, 11) is 3.30. The van der Waals surface area contributed by atoms with E-state index in [0.717, 1.165) is 84.2 Å². The highest BCUT2D eigenvalue weighted by atomic mass is 16.5. The van der Waals surface area contributed by atoms with E-state index in [-0.39, 0.29) is 5.78 Å². The van der Waals surface area contributed by atoms with Gasteiger partial charge < -0.3 is 23.9 Å². The summed E-state index contributed by atoms with van der Waals surface area (Å²) < 4.78 is 18.6. The number of nitrogens with one attached hydrogen (secondary N) is 1. The lowest BCUT2D eigenvalue weighted by Crippen LogP contribution is -2.38. The van der Waals surface area contributed by atoms with Gasteiger partial charge in [-0.2, -0.15) is 0 Å². The van der Waals surface area contributed by atoms with Gasteiger partial charge in [-0.25, -0.2) is 4.98 Å². The Labute approximate surface area is 251 Å². The minimum atomic E-state index is 0.0380. The second kappa shape index (κ2) is 12.7. The van der Waals surface area contributed by atoms with E-state index in [9.17, 15) is 4.79 Å². The summed E-state index contributed by atoms with van der Waals surface area (Å²) in [5.41, 5.74) is 8.38. The fourth-order valence-corrected chi connectivity index (χ4v) is 5.41. The van der Waals surface area contributed by atoms with Crippen LogP contribution < -0.4 is 14.8 Å². The predicted molar refractivity (Wildman–Crippen MR) is 170 cm³/mol. The van der Waals surface area contributed by atoms with Crippen molar-refractivity contribution < 1.29 is 19.0 Å². The number of anilines is 1. The number of rotatable bonds is 10. The maximum absolute atomic E-state index is 11.9. The van der Waals surface area contributed by atoms with Gasteiger partial charge in [0, 0.05) is 67.0 Å². The highest BCUT2D eigenvalue weighted by Gasteiger charge is 2.15. The van der Waals surface area contributed by atoms with Gasteiger partial charge in [-0.15, -0.1) is 0 Å². The van der Waals surface area contributed by atoms with E-state index < -0.39 is 0 Å². The molecule has 0 spiro atoms. The smallest absolute Gasteiger partial charge is 0.159 e. The average Bonchev–Trinajstić information content (AvgIpc) is 3.49. The van der Waals surface area contributed by atoms with Crippen molar-refractivity contribution in [3.63, 3.8) is 0 Å². The lowest BCUT2D eigenvalue weighted by Gasteiger charge is -2.26. The summed E-state index contributed by atoms with van der Waals surface area (Å²) in [6, 6.07) is 24.1. The molecule has 8 nitrogen and oxygen atoms in total. The Kier molecular flexibility index (Phi) is 8.40. The lowest BCUT2D eigenvalue weighted by molar-refractivity contribution is 0.0398. The number of Topliss-reactive ketones (excluding diaryl/α,β-unsaturated/α-hetero) is 1. The zero-order chi connectivity index (χ0) is 29.8. The van der Waals surface area contributed by atoms with Crippen molar-refractivity contribution in [1.82, 2.24) is 14.3 Å². The van der Waals surface area contributed by atoms with E-state index in [1.807, 2.05) is 42.5 Å². The number of methoxy groups -OCH3 is 2. The Morgan fingerprint density at radius 3 is 2.16 bits per heavy atom. The number of ether oxygens (including phenoxy) is 3. The van der Waals surface area contributed by atoms with Crippen LogP contribution in [0.2, 0.25) is 0 Å². The Morgan fingerprint density at radius 1 is 0.837 bits per heavy atom. The summed E-state index contributed by atoms with van der Waals surface area (Å²) in [6.45, 7) is 7.07. The molecule has 0 aliphatic carbocycles. The van der Waals surface area contributed by atoms with E-state index >= 15 is 0 Å². The largest absolute Gasteiger partial charge is 0.497 e. The summed E-state index contributed by atoms with van der Waals surface area (Å²) >= 11 is 0. The Morgan fingerprint density at radius 2 is 1.51 bits per heavy atom. The van der Waals surface area contributed by atoms with Gasteiger partial charge in [-0.05, 0) is 53.9 Å². The number of aromatic nitrogens is 2. The molecule has 43 heavy (non-hydrogen) atoms. The first-order valence-electron chi connectivity index (χ1n) is 14.5. The summed E-state index contributed by atoms with van der Waals surface area (Å²) in [6.07, 6.45) is 4.14. The predicted octanol–water partition coefficient (Wildman–Crippen LogP) is 6.30. The molecule has 1 N–H and O–H groups in total. The second-order valence-electron chi connectivity index (χ2n) is 10.7. The average molecular weight is 577 g/mol. The molecule has 220 valence electrons. The molecular formula is C35H36N4O4. The number of pyridine rings is 1. The number of hydrogen-bond donors (Lipinski definition) is 1. The summed E-state index contributed by atoms with van der Waals surface area (Å²) in [5.74, 6) is 1.47. The van der Waals surface area contributed by atoms with Crippen molar-refractivity contribution in [2.45, 2.75) is 6.92 Å². The molecule has 0 amide bonds. The molecular weight excluding hydrogens is 540 g/mol. The maximum atomic E-state index is 11.9. The van der Waals surface area contributed by atoms with Gasteiger partial charge >= 0.3 is 0 Å². The molecule has 0 atom stereocenters. The molecule has 0 unspecified atom stereocenters. The number of hydrogen-bond acceptors (Lipinski definition) is 7. The van der Waals surface area contributed by atoms with Gasteiger partial charge in [0.15, 0.2) is 5.78 Å². The van der Waals surface area contributed by atoms with Gasteiger partial charge in [-0.1, -0.05) is 36.4 Å². The normalized spacial score (nSPS) is 13.7. The van der Waals surface area contributed by atoms with Crippen LogP contribution >= 0.6 is 0 Å². The first kappa shape index (κ1) is 28.5. The Bertz CT molecular complexity index is 1700. The first-order valence-corrected chi connectivity index (χ1v) is 14.5. The molecule has 0 saturated carbocycles. The molecule has 8 heteroatoms. The van der Waals surface area contributed by atoms with Gasteiger partial charge in [0.2, 0.25) is 0 Å². The fraction of sp³-hybridized carbons (Fsp3) is 0.257. The third-order valence-electron chi connectivity index (χ3n) is 7.88. The number of nitrogens with zero attached hydrogens (tertiary/aromatic N) is 3. The third kappa shape index (κ3) is 6.40. The molecule has 1 aliphatic rings. The number of fused-ring (bicyclic) bond motifs is 1. The van der Waals surface area contributed by atoms with Crippen molar-refractivity contribution in [3.8, 4) is 45.0 Å². The molecule has 1 aliphatic heterocycles. The lowest BCUT2D eigenvalue weighted by atomic mass is 9.99. The highest BCUT2D eigenvalue weighted by Crippen LogP contribution is 2.35. The molecule has 0 radical (unpaired) electrons. The van der Waals surface area contributed by atoms with Crippen molar-refractivity contribution in [2.24, 2.45) is 0 Å². The number of carbonyl (C=O) groups is 1. The van der Waals surface area contributed by atoms with E-state index in [0.29, 0.717) is 17.1 Å². The van der Waals surface area contributed by atoms with Gasteiger partial charge in [0.25, 0.3) is 0 Å². The number of morpholine rings is 1. The molecule has 1 saturated heterocycles. The third-order valence-corrected chi connectivity index (χ3v) is 7.88. The van der Waals surface area contributed by atoms with Crippen molar-refractivity contribution >= 4 is 17.1 Å². The molecule has 5 aromatic rings. The summed E-state index contributed by atoms with van der Waals surface area (Å²) in [5, 5.41) is 3.53. The van der Waals surface area contributed by atoms with Crippen LogP contribution in [0.25, 0.3) is 39.2 Å². The molecule has 2 aromatic heterocycles. The Balaban J connectivity index is 1.34. The minimum Gasteiger partial charge on any atom is -0.497 e. The number of benzene rings is 3. The Hall–Kier alpha value is -4.66. The molecule has 3 heterocycles. The van der Waals surface area contributed by atoms with Crippen LogP contribution in [-0.4, -0.2) is 73.7 Å². The zero-order valence-corrected chi connectivity index (χ0v) is 24.8. The van der Waals surface area contributed by atoms with Gasteiger partial charge in [0.1, 0.15) is 17.1 Å². The van der Waals surface area contributed by atoms with Crippen molar-refractivity contribution in [1.29, 1.82) is 0 Å². The van der Waals surface area contributed by atoms with E-state index in [1.54, 1.807) is 21.1 Å². The first-order chi connectivity index (χ1) is 21.0. The standard InChI is InChI=1S/C35H36N4O4/c1-24(40)25-4-6-26(7-5-25)33-20-29(28-18-31(41-2)21-32(19-28)42-3)22-39-23-34(37-35(33)39)27-8-10-30(11-9-27)36-12-13-38-14-16-43-17-15-38/h4-11,18-23,36H,12-17H2,1-3H3. The van der Waals surface area contributed by atoms with Gasteiger partial charge in [-0.3, -0.25) is 9.69 Å². The van der Waals surface area contributed by atoms with Gasteiger partial charge in [0.05, 0.1) is 33.1 Å².